The summed E-state index contributed by atoms with van der Waals surface area (Å²) in [5.74, 6) is -2.33. The largest absolute Gasteiger partial charge is 0.481 e. The highest BCUT2D eigenvalue weighted by Crippen LogP contribution is 2.26. The second kappa shape index (κ2) is 33.8. The number of ether oxygens (including phenoxy) is 1. The number of amides is 3. The van der Waals surface area contributed by atoms with E-state index in [4.69, 9.17) is 9.84 Å². The van der Waals surface area contributed by atoms with Crippen LogP contribution in [0.2, 0.25) is 0 Å². The van der Waals surface area contributed by atoms with Crippen molar-refractivity contribution in [3.05, 3.63) is 0 Å². The van der Waals surface area contributed by atoms with E-state index in [0.29, 0.717) is 19.4 Å². The number of hydrogen-bond donors (Lipinski definition) is 6. The van der Waals surface area contributed by atoms with Gasteiger partial charge in [-0.05, 0) is 19.3 Å². The summed E-state index contributed by atoms with van der Waals surface area (Å²) in [6.45, 7) is 3.78. The number of carbonyl (C=O) groups excluding carboxylic acids is 3. The van der Waals surface area contributed by atoms with Crippen LogP contribution in [-0.2, 0) is 23.9 Å². The normalized spacial score (nSPS) is 19.6. The van der Waals surface area contributed by atoms with E-state index in [2.05, 4.69) is 24.5 Å². The average molecular weight is 784 g/mol. The SMILES string of the molecule is CCCCCCCCCCCCCCCCCC(=O)N(CCCCCCCCCCCC)[C@@H]1O[C@H](CO)[C@@H](O)[C@H](O)[C@@H]1NC(=O)CNC(=O)CCCC(=O)O. The molecule has 1 rings (SSSR count). The van der Waals surface area contributed by atoms with Gasteiger partial charge in [0, 0.05) is 25.8 Å². The van der Waals surface area contributed by atoms with E-state index < -0.39 is 61.5 Å². The summed E-state index contributed by atoms with van der Waals surface area (Å²) in [6.07, 6.45) is 24.4. The Hall–Kier alpha value is -2.28. The highest BCUT2D eigenvalue weighted by Gasteiger charge is 2.48. The van der Waals surface area contributed by atoms with Gasteiger partial charge in [0.1, 0.15) is 24.4 Å². The highest BCUT2D eigenvalue weighted by molar-refractivity contribution is 5.85. The Labute approximate surface area is 333 Å². The van der Waals surface area contributed by atoms with Crippen molar-refractivity contribution in [2.24, 2.45) is 0 Å². The number of aliphatic hydroxyl groups excluding tert-OH is 3. The number of nitrogens with one attached hydrogen (secondary N) is 2. The maximum Gasteiger partial charge on any atom is 0.303 e. The molecule has 1 aliphatic rings. The lowest BCUT2D eigenvalue weighted by atomic mass is 9.94. The quantitative estimate of drug-likeness (QED) is 0.0355. The smallest absolute Gasteiger partial charge is 0.303 e. The van der Waals surface area contributed by atoms with Gasteiger partial charge in [-0.15, -0.1) is 0 Å². The first kappa shape index (κ1) is 50.7. The van der Waals surface area contributed by atoms with E-state index in [1.165, 1.54) is 109 Å². The number of nitrogens with zero attached hydrogens (tertiary/aromatic N) is 1. The average Bonchev–Trinajstić information content (AvgIpc) is 3.16. The molecule has 322 valence electrons. The molecule has 0 aromatic rings. The Balaban J connectivity index is 2.75. The van der Waals surface area contributed by atoms with Crippen molar-refractivity contribution in [2.75, 3.05) is 19.7 Å². The minimum atomic E-state index is -1.54. The molecule has 55 heavy (non-hydrogen) atoms. The van der Waals surface area contributed by atoms with E-state index in [0.717, 1.165) is 38.5 Å². The fourth-order valence-corrected chi connectivity index (χ4v) is 7.38. The molecule has 0 aromatic heterocycles. The lowest BCUT2D eigenvalue weighted by Gasteiger charge is -2.47. The summed E-state index contributed by atoms with van der Waals surface area (Å²) >= 11 is 0. The summed E-state index contributed by atoms with van der Waals surface area (Å²) in [6, 6.07) is -1.21. The minimum absolute atomic E-state index is 0.0608. The molecule has 0 unspecified atom stereocenters. The molecule has 3 amide bonds. The monoisotopic (exact) mass is 784 g/mol. The van der Waals surface area contributed by atoms with Crippen LogP contribution >= 0.6 is 0 Å². The lowest BCUT2D eigenvalue weighted by molar-refractivity contribution is -0.231. The van der Waals surface area contributed by atoms with Gasteiger partial charge in [0.25, 0.3) is 0 Å². The molecule has 0 saturated carbocycles. The van der Waals surface area contributed by atoms with Gasteiger partial charge in [0.05, 0.1) is 13.2 Å². The summed E-state index contributed by atoms with van der Waals surface area (Å²) < 4.78 is 6.07. The van der Waals surface area contributed by atoms with Gasteiger partial charge >= 0.3 is 5.97 Å². The molecule has 1 fully saturated rings. The van der Waals surface area contributed by atoms with Gasteiger partial charge in [-0.2, -0.15) is 0 Å². The molecule has 12 nitrogen and oxygen atoms in total. The van der Waals surface area contributed by atoms with Gasteiger partial charge in [-0.3, -0.25) is 19.2 Å². The predicted molar refractivity (Wildman–Crippen MR) is 217 cm³/mol. The van der Waals surface area contributed by atoms with Crippen LogP contribution in [0.5, 0.6) is 0 Å². The van der Waals surface area contributed by atoms with Crippen molar-refractivity contribution >= 4 is 23.7 Å². The minimum Gasteiger partial charge on any atom is -0.481 e. The van der Waals surface area contributed by atoms with Crippen molar-refractivity contribution in [1.82, 2.24) is 15.5 Å². The van der Waals surface area contributed by atoms with Crippen LogP contribution in [0.15, 0.2) is 0 Å². The van der Waals surface area contributed by atoms with Gasteiger partial charge < -0.3 is 40.7 Å². The molecule has 1 heterocycles. The van der Waals surface area contributed by atoms with Crippen LogP contribution in [0.1, 0.15) is 200 Å². The molecule has 0 spiro atoms. The first-order valence-electron chi connectivity index (χ1n) is 22.4. The molecule has 0 aliphatic carbocycles. The Morgan fingerprint density at radius 2 is 1.02 bits per heavy atom. The topological polar surface area (TPSA) is 186 Å². The maximum absolute atomic E-state index is 13.9. The number of aliphatic carboxylic acids is 1. The first-order valence-corrected chi connectivity index (χ1v) is 22.4. The van der Waals surface area contributed by atoms with E-state index in [-0.39, 0.29) is 31.6 Å². The molecular formula is C43H81N3O9. The summed E-state index contributed by atoms with van der Waals surface area (Å²) in [5, 5.41) is 45.8. The van der Waals surface area contributed by atoms with Crippen molar-refractivity contribution in [3.63, 3.8) is 0 Å². The second-order valence-corrected chi connectivity index (χ2v) is 15.8. The number of aliphatic hydroxyl groups is 3. The van der Waals surface area contributed by atoms with Crippen LogP contribution in [0.3, 0.4) is 0 Å². The van der Waals surface area contributed by atoms with Gasteiger partial charge in [-0.25, -0.2) is 0 Å². The fourth-order valence-electron chi connectivity index (χ4n) is 7.38. The molecule has 6 N–H and O–H groups in total. The number of carbonyl (C=O) groups is 4. The highest BCUT2D eigenvalue weighted by atomic mass is 16.5. The summed E-state index contributed by atoms with van der Waals surface area (Å²) in [7, 11) is 0. The Morgan fingerprint density at radius 1 is 0.564 bits per heavy atom. The molecule has 0 radical (unpaired) electrons. The Kier molecular flexibility index (Phi) is 31.2. The molecule has 5 atom stereocenters. The first-order chi connectivity index (χ1) is 26.7. The third-order valence-electron chi connectivity index (χ3n) is 10.8. The Morgan fingerprint density at radius 3 is 1.47 bits per heavy atom. The standard InChI is InChI=1S/C43H81N3O9/c1-3-5-7-9-11-13-15-16-17-18-19-20-22-24-26-30-38(50)46(32-27-25-23-21-14-12-10-8-6-4-2)43-40(42(54)41(53)35(34-47)55-43)45-37(49)33-44-36(48)29-28-31-39(51)52/h35,40-43,47,53-54H,3-34H2,1-2H3,(H,44,48)(H,45,49)(H,51,52)/t35-,40+,41-,42-,43-/m1/s1. The predicted octanol–water partition coefficient (Wildman–Crippen LogP) is 7.29. The Bertz CT molecular complexity index is 1000. The zero-order valence-electron chi connectivity index (χ0n) is 34.8. The number of carboxylic acid groups (broad SMARTS) is 1. The van der Waals surface area contributed by atoms with E-state index >= 15 is 0 Å². The molecule has 12 heteroatoms. The zero-order valence-corrected chi connectivity index (χ0v) is 34.8. The van der Waals surface area contributed by atoms with Gasteiger partial charge in [0.2, 0.25) is 17.7 Å². The third kappa shape index (κ3) is 24.9. The fraction of sp³-hybridized carbons (Fsp3) is 0.907. The molecule has 0 aromatic carbocycles. The summed E-state index contributed by atoms with van der Waals surface area (Å²) in [5.41, 5.74) is 0. The second-order valence-electron chi connectivity index (χ2n) is 15.8. The number of unbranched alkanes of at least 4 members (excludes halogenated alkanes) is 23. The van der Waals surface area contributed by atoms with Crippen molar-refractivity contribution in [2.45, 2.75) is 231 Å². The molecule has 1 saturated heterocycles. The molecule has 1 aliphatic heterocycles. The van der Waals surface area contributed by atoms with Crippen LogP contribution in [0.4, 0.5) is 0 Å². The molecular weight excluding hydrogens is 702 g/mol. The number of carboxylic acids is 1. The van der Waals surface area contributed by atoms with Crippen molar-refractivity contribution in [1.29, 1.82) is 0 Å². The third-order valence-corrected chi connectivity index (χ3v) is 10.8. The summed E-state index contributed by atoms with van der Waals surface area (Å²) in [4.78, 5) is 51.3. The van der Waals surface area contributed by atoms with Crippen LogP contribution < -0.4 is 10.6 Å². The van der Waals surface area contributed by atoms with Gasteiger partial charge in [-0.1, -0.05) is 162 Å². The van der Waals surface area contributed by atoms with Crippen LogP contribution in [0, 0.1) is 0 Å². The van der Waals surface area contributed by atoms with Crippen molar-refractivity contribution in [3.8, 4) is 0 Å². The van der Waals surface area contributed by atoms with E-state index in [1.54, 1.807) is 4.90 Å². The lowest BCUT2D eigenvalue weighted by Crippen LogP contribution is -2.69. The van der Waals surface area contributed by atoms with Crippen molar-refractivity contribution < 1.29 is 44.3 Å². The number of rotatable bonds is 36. The van der Waals surface area contributed by atoms with Crippen LogP contribution in [-0.4, -0.2) is 99.3 Å². The number of hydrogen-bond acceptors (Lipinski definition) is 8. The van der Waals surface area contributed by atoms with Crippen LogP contribution in [0.25, 0.3) is 0 Å². The van der Waals surface area contributed by atoms with E-state index in [9.17, 15) is 34.5 Å². The maximum atomic E-state index is 13.9. The van der Waals surface area contributed by atoms with Gasteiger partial charge in [0.15, 0.2) is 6.23 Å². The van der Waals surface area contributed by atoms with E-state index in [1.807, 2.05) is 0 Å². The zero-order chi connectivity index (χ0) is 40.5. The molecule has 0 bridgehead atoms.